The van der Waals surface area contributed by atoms with E-state index in [0.717, 1.165) is 0 Å². The Morgan fingerprint density at radius 2 is 2.62 bits per heavy atom. The number of rotatable bonds is 2. The highest BCUT2D eigenvalue weighted by atomic mass is 16.5. The third-order valence-corrected chi connectivity index (χ3v) is 0.308. The number of Topliss-reactive ketones (excluding diaryl/α,β-unsaturated/α-hetero) is 1. The molecule has 0 aliphatic rings. The zero-order chi connectivity index (χ0) is 13.4. The molecule has 0 aliphatic carbocycles. The summed E-state index contributed by atoms with van der Waals surface area (Å²) in [6, 6.07) is 0. The van der Waals surface area contributed by atoms with Gasteiger partial charge in [0, 0.05) is 6.85 Å². The summed E-state index contributed by atoms with van der Waals surface area (Å²) in [4.78, 5) is 21.9. The first kappa shape index (κ1) is 1.35. The highest BCUT2D eigenvalue weighted by molar-refractivity contribution is 5.93. The number of esters is 1. The summed E-state index contributed by atoms with van der Waals surface area (Å²) < 4.78 is 56.8. The molecule has 0 bridgehead atoms. The molecule has 0 atom stereocenters. The van der Waals surface area contributed by atoms with Crippen molar-refractivity contribution in [3.63, 3.8) is 0 Å². The van der Waals surface area contributed by atoms with Crippen molar-refractivity contribution in [3.05, 3.63) is 0 Å². The van der Waals surface area contributed by atoms with Crippen LogP contribution in [0, 0.1) is 0 Å². The van der Waals surface area contributed by atoms with Crippen molar-refractivity contribution in [2.24, 2.45) is 0 Å². The van der Waals surface area contributed by atoms with Crippen LogP contribution in [0.1, 0.15) is 24.2 Å². The van der Waals surface area contributed by atoms with Gasteiger partial charge in [0.05, 0.1) is 11.2 Å². The van der Waals surface area contributed by atoms with Crippen LogP contribution >= 0.6 is 0 Å². The molecule has 0 aromatic heterocycles. The summed E-state index contributed by atoms with van der Waals surface area (Å²) in [5.41, 5.74) is 0. The lowest BCUT2D eigenvalue weighted by Gasteiger charge is -1.90. The SMILES string of the molecule is [2H]C([2H])([2H])OC(=O)C([2H])([2H])C(=O)C([2H])([2H])[2H]. The first-order valence-electron chi connectivity index (χ1n) is 5.57. The summed E-state index contributed by atoms with van der Waals surface area (Å²) in [5.74, 6) is -4.07. The van der Waals surface area contributed by atoms with E-state index in [1.807, 2.05) is 0 Å². The van der Waals surface area contributed by atoms with Gasteiger partial charge in [-0.3, -0.25) is 9.59 Å². The summed E-state index contributed by atoms with van der Waals surface area (Å²) in [6.45, 7) is -3.35. The molecule has 3 nitrogen and oxygen atoms in total. The molecule has 0 amide bonds. The van der Waals surface area contributed by atoms with Gasteiger partial charge in [0.1, 0.15) is 12.2 Å². The molecule has 0 aromatic rings. The molecule has 8 heavy (non-hydrogen) atoms. The van der Waals surface area contributed by atoms with Crippen molar-refractivity contribution in [2.75, 3.05) is 7.04 Å². The fourth-order valence-electron chi connectivity index (χ4n) is 0.118. The van der Waals surface area contributed by atoms with Crippen LogP contribution in [0.4, 0.5) is 0 Å². The fourth-order valence-corrected chi connectivity index (χ4v) is 0.118. The van der Waals surface area contributed by atoms with Crippen LogP contribution in [0.2, 0.25) is 0 Å². The predicted molar refractivity (Wildman–Crippen MR) is 27.3 cm³/mol. The lowest BCUT2D eigenvalue weighted by atomic mass is 10.3. The molecule has 0 aliphatic heterocycles. The summed E-state index contributed by atoms with van der Waals surface area (Å²) in [7, 11) is -3.24. The van der Waals surface area contributed by atoms with Crippen molar-refractivity contribution in [3.8, 4) is 0 Å². The van der Waals surface area contributed by atoms with Crippen LogP contribution in [0.15, 0.2) is 0 Å². The molecule has 46 valence electrons. The molecule has 3 heteroatoms. The Morgan fingerprint density at radius 3 is 3.12 bits per heavy atom. The summed E-state index contributed by atoms with van der Waals surface area (Å²) in [6.07, 6.45) is -3.51. The largest absolute Gasteiger partial charge is 0.469 e. The molecule has 0 heterocycles. The minimum Gasteiger partial charge on any atom is -0.469 e. The van der Waals surface area contributed by atoms with Crippen LogP contribution < -0.4 is 0 Å². The average Bonchev–Trinajstić information content (AvgIpc) is 1.97. The van der Waals surface area contributed by atoms with Gasteiger partial charge < -0.3 is 4.74 Å². The van der Waals surface area contributed by atoms with Gasteiger partial charge in [-0.1, -0.05) is 0 Å². The third-order valence-electron chi connectivity index (χ3n) is 0.308. The lowest BCUT2D eigenvalue weighted by molar-refractivity contribution is -0.142. The topological polar surface area (TPSA) is 43.4 Å². The monoisotopic (exact) mass is 124 g/mol. The Kier molecular flexibility index (Phi) is 0.535. The van der Waals surface area contributed by atoms with E-state index in [0.29, 0.717) is 0 Å². The highest BCUT2D eigenvalue weighted by Crippen LogP contribution is 1.83. The number of ketones is 1. The Balaban J connectivity index is 4.94. The van der Waals surface area contributed by atoms with Gasteiger partial charge in [-0.15, -0.1) is 0 Å². The average molecular weight is 124 g/mol. The molecule has 0 fully saturated rings. The van der Waals surface area contributed by atoms with Gasteiger partial charge in [0.2, 0.25) is 0 Å². The van der Waals surface area contributed by atoms with Gasteiger partial charge in [-0.05, 0) is 6.85 Å². The first-order valence-corrected chi connectivity index (χ1v) is 1.57. The van der Waals surface area contributed by atoms with E-state index in [1.54, 1.807) is 0 Å². The zero-order valence-electron chi connectivity index (χ0n) is 11.7. The Bertz CT molecular complexity index is 300. The van der Waals surface area contributed by atoms with Crippen molar-refractivity contribution in [1.29, 1.82) is 0 Å². The van der Waals surface area contributed by atoms with Crippen LogP contribution in [0.5, 0.6) is 0 Å². The van der Waals surface area contributed by atoms with Gasteiger partial charge in [-0.25, -0.2) is 0 Å². The van der Waals surface area contributed by atoms with E-state index in [-0.39, 0.29) is 0 Å². The third kappa shape index (κ3) is 3.33. The van der Waals surface area contributed by atoms with Gasteiger partial charge >= 0.3 is 5.97 Å². The van der Waals surface area contributed by atoms with E-state index in [4.69, 9.17) is 11.0 Å². The second kappa shape index (κ2) is 3.18. The van der Waals surface area contributed by atoms with Crippen molar-refractivity contribution < 1.29 is 25.3 Å². The molecule has 0 rings (SSSR count). The maximum absolute atomic E-state index is 11.0. The maximum atomic E-state index is 11.0. The Morgan fingerprint density at radius 1 is 1.88 bits per heavy atom. The van der Waals surface area contributed by atoms with E-state index in [1.165, 1.54) is 0 Å². The van der Waals surface area contributed by atoms with Crippen molar-refractivity contribution >= 4 is 11.8 Å². The number of hydrogen-bond acceptors (Lipinski definition) is 3. The summed E-state index contributed by atoms with van der Waals surface area (Å²) >= 11 is 0. The maximum Gasteiger partial charge on any atom is 0.313 e. The minimum absolute atomic E-state index is 2.02. The van der Waals surface area contributed by atoms with Crippen LogP contribution in [0.3, 0.4) is 0 Å². The first-order chi connectivity index (χ1) is 6.78. The van der Waals surface area contributed by atoms with E-state index < -0.39 is 32.0 Å². The van der Waals surface area contributed by atoms with E-state index >= 15 is 0 Å². The van der Waals surface area contributed by atoms with Gasteiger partial charge in [0.25, 0.3) is 0 Å². The fraction of sp³-hybridized carbons (Fsp3) is 0.600. The van der Waals surface area contributed by atoms with E-state index in [9.17, 15) is 9.59 Å². The van der Waals surface area contributed by atoms with Crippen LogP contribution in [0.25, 0.3) is 0 Å². The standard InChI is InChI=1S/C5H8O3/c1-4(6)3-5(7)8-2/h3H2,1-2H3/i1D3,2D3,3D2. The van der Waals surface area contributed by atoms with Crippen molar-refractivity contribution in [1.82, 2.24) is 0 Å². The van der Waals surface area contributed by atoms with Crippen LogP contribution in [-0.4, -0.2) is 18.8 Å². The molecule has 0 aromatic carbocycles. The lowest BCUT2D eigenvalue weighted by Crippen LogP contribution is -2.05. The molecular formula is C5H8O3. The molecular weight excluding hydrogens is 108 g/mol. The number of hydrogen-bond donors (Lipinski definition) is 0. The van der Waals surface area contributed by atoms with Gasteiger partial charge in [-0.2, -0.15) is 0 Å². The Hall–Kier alpha value is -0.860. The number of carbonyl (C=O) groups is 2. The molecule has 0 spiro atoms. The number of ether oxygens (including phenoxy) is 1. The molecule has 0 N–H and O–H groups in total. The number of carbonyl (C=O) groups excluding carboxylic acids is 2. The zero-order valence-corrected chi connectivity index (χ0v) is 3.72. The minimum atomic E-state index is -3.51. The predicted octanol–water partition coefficient (Wildman–Crippen LogP) is 0.139. The molecule has 0 unspecified atom stereocenters. The smallest absolute Gasteiger partial charge is 0.313 e. The Labute approximate surface area is 58.9 Å². The van der Waals surface area contributed by atoms with Crippen LogP contribution in [-0.2, 0) is 14.3 Å². The summed E-state index contributed by atoms with van der Waals surface area (Å²) in [5, 5.41) is 0. The second-order valence-corrected chi connectivity index (χ2v) is 0.844. The molecule has 0 saturated heterocycles. The number of methoxy groups -OCH3 is 1. The highest BCUT2D eigenvalue weighted by Gasteiger charge is 2.01. The normalized spacial score (nSPS) is 28.0. The van der Waals surface area contributed by atoms with Gasteiger partial charge in [0.15, 0.2) is 0 Å². The molecule has 0 saturated carbocycles. The molecule has 0 radical (unpaired) electrons. The van der Waals surface area contributed by atoms with Crippen molar-refractivity contribution in [2.45, 2.75) is 13.2 Å². The second-order valence-electron chi connectivity index (χ2n) is 0.844. The van der Waals surface area contributed by atoms with E-state index in [2.05, 4.69) is 4.74 Å². The quantitative estimate of drug-likeness (QED) is 0.388.